The van der Waals surface area contributed by atoms with Gasteiger partial charge in [-0.2, -0.15) is 9.67 Å². The smallest absolute Gasteiger partial charge is 0.286 e. The first kappa shape index (κ1) is 13.6. The third kappa shape index (κ3) is 2.26. The molecule has 3 rings (SSSR count). The molecule has 1 aliphatic heterocycles. The summed E-state index contributed by atoms with van der Waals surface area (Å²) >= 11 is 0. The molecule has 0 saturated carbocycles. The fraction of sp³-hybridized carbons (Fsp3) is 0.400. The number of aromatic nitrogens is 3. The number of carbonyl (C=O) groups excluding carboxylic acids is 1. The van der Waals surface area contributed by atoms with Crippen LogP contribution in [0.1, 0.15) is 25.2 Å². The number of nitrogens with zero attached hydrogens (tertiary/aromatic N) is 4. The molecular weight excluding hydrogens is 268 g/mol. The van der Waals surface area contributed by atoms with Crippen LogP contribution in [0, 0.1) is 12.8 Å². The van der Waals surface area contributed by atoms with Crippen LogP contribution >= 0.6 is 0 Å². The van der Waals surface area contributed by atoms with Crippen molar-refractivity contribution in [2.75, 3.05) is 4.90 Å². The van der Waals surface area contributed by atoms with E-state index in [2.05, 4.69) is 5.10 Å². The number of hydrogen-bond acceptors (Lipinski definition) is 3. The summed E-state index contributed by atoms with van der Waals surface area (Å²) in [7, 11) is 0. The van der Waals surface area contributed by atoms with Crippen LogP contribution < -0.4 is 10.6 Å². The standard InChI is InChI=1S/C15H18N4O2/c1-10(2)8-18-15(21)19-13(16-18)9-17(14(19)20)12-6-4-5-11(3)7-12/h4-7,10H,8-9H2,1-3H3. The highest BCUT2D eigenvalue weighted by Gasteiger charge is 2.33. The van der Waals surface area contributed by atoms with Gasteiger partial charge in [-0.05, 0) is 30.5 Å². The minimum Gasteiger partial charge on any atom is -0.286 e. The second-order valence-corrected chi connectivity index (χ2v) is 5.82. The van der Waals surface area contributed by atoms with E-state index in [0.717, 1.165) is 11.3 Å². The van der Waals surface area contributed by atoms with Crippen LogP contribution in [-0.2, 0) is 13.1 Å². The van der Waals surface area contributed by atoms with Crippen LogP contribution in [0.5, 0.6) is 0 Å². The van der Waals surface area contributed by atoms with E-state index in [0.29, 0.717) is 24.8 Å². The summed E-state index contributed by atoms with van der Waals surface area (Å²) in [5.74, 6) is 0.813. The van der Waals surface area contributed by atoms with Gasteiger partial charge in [0, 0.05) is 12.2 Å². The molecule has 0 atom stereocenters. The van der Waals surface area contributed by atoms with Crippen molar-refractivity contribution in [3.8, 4) is 0 Å². The Morgan fingerprint density at radius 1 is 1.29 bits per heavy atom. The van der Waals surface area contributed by atoms with Crippen LogP contribution in [0.3, 0.4) is 0 Å². The summed E-state index contributed by atoms with van der Waals surface area (Å²) in [6.07, 6.45) is 0. The molecule has 6 heteroatoms. The van der Waals surface area contributed by atoms with E-state index in [9.17, 15) is 9.59 Å². The summed E-state index contributed by atoms with van der Waals surface area (Å²) < 4.78 is 2.55. The van der Waals surface area contributed by atoms with E-state index < -0.39 is 0 Å². The molecule has 1 aromatic heterocycles. The zero-order valence-corrected chi connectivity index (χ0v) is 12.4. The number of benzene rings is 1. The number of hydrogen-bond donors (Lipinski definition) is 0. The molecular formula is C15H18N4O2. The zero-order valence-electron chi connectivity index (χ0n) is 12.4. The van der Waals surface area contributed by atoms with Gasteiger partial charge >= 0.3 is 11.7 Å². The number of amides is 1. The molecule has 0 N–H and O–H groups in total. The van der Waals surface area contributed by atoms with E-state index >= 15 is 0 Å². The van der Waals surface area contributed by atoms with Gasteiger partial charge in [0.2, 0.25) is 0 Å². The Labute approximate surface area is 122 Å². The molecule has 1 aromatic carbocycles. The monoisotopic (exact) mass is 286 g/mol. The van der Waals surface area contributed by atoms with Gasteiger partial charge in [-0.1, -0.05) is 26.0 Å². The van der Waals surface area contributed by atoms with Gasteiger partial charge < -0.3 is 0 Å². The molecule has 1 amide bonds. The third-order valence-electron chi connectivity index (χ3n) is 3.48. The lowest BCUT2D eigenvalue weighted by Crippen LogP contribution is -2.35. The topological polar surface area (TPSA) is 60.1 Å². The number of fused-ring (bicyclic) bond motifs is 1. The fourth-order valence-electron chi connectivity index (χ4n) is 2.54. The quantitative estimate of drug-likeness (QED) is 0.867. The van der Waals surface area contributed by atoms with Crippen LogP contribution in [0.2, 0.25) is 0 Å². The molecule has 2 aromatic rings. The van der Waals surface area contributed by atoms with Gasteiger partial charge in [0.05, 0.1) is 6.54 Å². The number of carbonyl (C=O) groups is 1. The fourth-order valence-corrected chi connectivity index (χ4v) is 2.54. The molecule has 21 heavy (non-hydrogen) atoms. The molecule has 0 aliphatic carbocycles. The van der Waals surface area contributed by atoms with E-state index in [1.54, 1.807) is 4.90 Å². The summed E-state index contributed by atoms with van der Waals surface area (Å²) in [6, 6.07) is 7.34. The van der Waals surface area contributed by atoms with Crippen molar-refractivity contribution in [2.24, 2.45) is 5.92 Å². The molecule has 6 nitrogen and oxygen atoms in total. The minimum absolute atomic E-state index is 0.307. The molecule has 0 fully saturated rings. The first-order valence-corrected chi connectivity index (χ1v) is 7.04. The summed E-state index contributed by atoms with van der Waals surface area (Å²) in [4.78, 5) is 26.3. The highest BCUT2D eigenvalue weighted by molar-refractivity contribution is 5.96. The zero-order chi connectivity index (χ0) is 15.1. The van der Waals surface area contributed by atoms with Gasteiger partial charge in [-0.25, -0.2) is 14.3 Å². The Balaban J connectivity index is 1.96. The second kappa shape index (κ2) is 4.87. The van der Waals surface area contributed by atoms with E-state index in [1.165, 1.54) is 9.25 Å². The van der Waals surface area contributed by atoms with Gasteiger partial charge in [0.1, 0.15) is 0 Å². The van der Waals surface area contributed by atoms with Gasteiger partial charge in [-0.15, -0.1) is 0 Å². The highest BCUT2D eigenvalue weighted by atomic mass is 16.2. The maximum Gasteiger partial charge on any atom is 0.354 e. The Morgan fingerprint density at radius 2 is 2.05 bits per heavy atom. The van der Waals surface area contributed by atoms with Crippen molar-refractivity contribution in [3.63, 3.8) is 0 Å². The van der Waals surface area contributed by atoms with E-state index in [1.807, 2.05) is 45.0 Å². The first-order valence-electron chi connectivity index (χ1n) is 7.04. The van der Waals surface area contributed by atoms with Crippen LogP contribution in [0.15, 0.2) is 29.1 Å². The van der Waals surface area contributed by atoms with Crippen molar-refractivity contribution < 1.29 is 4.79 Å². The predicted molar refractivity (Wildman–Crippen MR) is 79.5 cm³/mol. The van der Waals surface area contributed by atoms with Crippen LogP contribution in [0.25, 0.3) is 0 Å². The van der Waals surface area contributed by atoms with Crippen molar-refractivity contribution >= 4 is 11.7 Å². The summed E-state index contributed by atoms with van der Waals surface area (Å²) in [6.45, 7) is 6.85. The van der Waals surface area contributed by atoms with Crippen molar-refractivity contribution in [1.82, 2.24) is 14.3 Å². The molecule has 0 bridgehead atoms. The van der Waals surface area contributed by atoms with Crippen molar-refractivity contribution in [1.29, 1.82) is 0 Å². The number of rotatable bonds is 3. The Morgan fingerprint density at radius 3 is 2.67 bits per heavy atom. The largest absolute Gasteiger partial charge is 0.354 e. The second-order valence-electron chi connectivity index (χ2n) is 5.82. The molecule has 0 spiro atoms. The lowest BCUT2D eigenvalue weighted by molar-refractivity contribution is 0.249. The predicted octanol–water partition coefficient (Wildman–Crippen LogP) is 2.00. The Kier molecular flexibility index (Phi) is 3.16. The van der Waals surface area contributed by atoms with E-state index in [4.69, 9.17) is 0 Å². The molecule has 0 radical (unpaired) electrons. The van der Waals surface area contributed by atoms with Crippen LogP contribution in [-0.4, -0.2) is 20.4 Å². The summed E-state index contributed by atoms with van der Waals surface area (Å²) in [5, 5.41) is 4.28. The summed E-state index contributed by atoms with van der Waals surface area (Å²) in [5.41, 5.74) is 1.52. The Bertz CT molecular complexity index is 757. The van der Waals surface area contributed by atoms with Gasteiger partial charge in [0.15, 0.2) is 5.82 Å². The number of anilines is 1. The van der Waals surface area contributed by atoms with E-state index in [-0.39, 0.29) is 11.7 Å². The lowest BCUT2D eigenvalue weighted by atomic mass is 10.2. The van der Waals surface area contributed by atoms with Gasteiger partial charge in [0.25, 0.3) is 0 Å². The molecule has 1 aliphatic rings. The minimum atomic E-state index is -0.348. The normalized spacial score (nSPS) is 14.1. The number of aryl methyl sites for hydroxylation is 1. The SMILES string of the molecule is Cc1cccc(N2Cc3nn(CC(C)C)c(=O)n3C2=O)c1. The molecule has 0 unspecified atom stereocenters. The third-order valence-corrected chi connectivity index (χ3v) is 3.48. The maximum atomic E-state index is 12.5. The van der Waals surface area contributed by atoms with Crippen molar-refractivity contribution in [2.45, 2.75) is 33.9 Å². The lowest BCUT2D eigenvalue weighted by Gasteiger charge is -2.15. The molecule has 2 heterocycles. The first-order chi connectivity index (χ1) is 9.97. The van der Waals surface area contributed by atoms with Gasteiger partial charge in [-0.3, -0.25) is 4.90 Å². The van der Waals surface area contributed by atoms with Crippen LogP contribution in [0.4, 0.5) is 10.5 Å². The molecule has 0 saturated heterocycles. The average molecular weight is 286 g/mol. The Hall–Kier alpha value is -2.37. The van der Waals surface area contributed by atoms with Crippen molar-refractivity contribution in [3.05, 3.63) is 46.1 Å². The average Bonchev–Trinajstić information content (AvgIpc) is 2.88. The maximum absolute atomic E-state index is 12.5. The highest BCUT2D eigenvalue weighted by Crippen LogP contribution is 2.23. The molecule has 110 valence electrons.